The normalized spacial score (nSPS) is 15.9. The van der Waals surface area contributed by atoms with Crippen LogP contribution in [0, 0.1) is 5.92 Å². The second-order valence-corrected chi connectivity index (χ2v) is 4.81. The molecular weight excluding hydrogens is 259 g/mol. The lowest BCUT2D eigenvalue weighted by Gasteiger charge is -2.22. The van der Waals surface area contributed by atoms with Gasteiger partial charge in [-0.1, -0.05) is 35.7 Å². The molecule has 90 valence electrons. The molecule has 0 saturated heterocycles. The number of halogens is 2. The molecule has 1 aliphatic rings. The first-order valence-electron chi connectivity index (χ1n) is 5.45. The Balaban J connectivity index is 1.98. The third-order valence-corrected chi connectivity index (χ3v) is 3.50. The van der Waals surface area contributed by atoms with Crippen molar-refractivity contribution in [3.05, 3.63) is 33.8 Å². The van der Waals surface area contributed by atoms with E-state index in [9.17, 15) is 4.79 Å². The molecule has 0 unspecified atom stereocenters. The Labute approximate surface area is 110 Å². The summed E-state index contributed by atoms with van der Waals surface area (Å²) in [5, 5.41) is 4.90. The number of rotatable bonds is 3. The van der Waals surface area contributed by atoms with E-state index in [1.165, 1.54) is 6.21 Å². The van der Waals surface area contributed by atoms with Gasteiger partial charge in [-0.3, -0.25) is 4.79 Å². The van der Waals surface area contributed by atoms with Crippen molar-refractivity contribution in [1.29, 1.82) is 0 Å². The van der Waals surface area contributed by atoms with Gasteiger partial charge in [0, 0.05) is 11.5 Å². The molecule has 0 aromatic heterocycles. The number of hydrazone groups is 1. The summed E-state index contributed by atoms with van der Waals surface area (Å²) in [6.07, 6.45) is 4.50. The van der Waals surface area contributed by atoms with Crippen molar-refractivity contribution in [2.45, 2.75) is 19.3 Å². The van der Waals surface area contributed by atoms with E-state index in [4.69, 9.17) is 23.2 Å². The lowest BCUT2D eigenvalue weighted by Crippen LogP contribution is -2.31. The van der Waals surface area contributed by atoms with Crippen LogP contribution in [0.2, 0.25) is 10.0 Å². The van der Waals surface area contributed by atoms with Crippen LogP contribution in [0.1, 0.15) is 24.8 Å². The molecule has 1 aliphatic carbocycles. The zero-order chi connectivity index (χ0) is 12.3. The number of hydrogen-bond donors (Lipinski definition) is 1. The summed E-state index contributed by atoms with van der Waals surface area (Å²) in [7, 11) is 0. The maximum Gasteiger partial charge on any atom is 0.243 e. The molecule has 0 aliphatic heterocycles. The fourth-order valence-electron chi connectivity index (χ4n) is 1.56. The molecular formula is C12H12Cl2N2O. The van der Waals surface area contributed by atoms with Gasteiger partial charge in [-0.25, -0.2) is 5.43 Å². The number of hydrogen-bond acceptors (Lipinski definition) is 2. The highest BCUT2D eigenvalue weighted by atomic mass is 35.5. The molecule has 1 N–H and O–H groups in total. The molecule has 0 radical (unpaired) electrons. The highest BCUT2D eigenvalue weighted by Gasteiger charge is 2.24. The zero-order valence-corrected chi connectivity index (χ0v) is 10.6. The van der Waals surface area contributed by atoms with E-state index in [0.29, 0.717) is 15.6 Å². The van der Waals surface area contributed by atoms with Crippen LogP contribution < -0.4 is 5.43 Å². The van der Waals surface area contributed by atoms with E-state index in [1.807, 2.05) is 0 Å². The second kappa shape index (κ2) is 5.52. The quantitative estimate of drug-likeness (QED) is 0.665. The van der Waals surface area contributed by atoms with Gasteiger partial charge in [-0.15, -0.1) is 0 Å². The summed E-state index contributed by atoms with van der Waals surface area (Å²) in [6.45, 7) is 0. The number of benzene rings is 1. The summed E-state index contributed by atoms with van der Waals surface area (Å²) < 4.78 is 0. The molecule has 1 amide bonds. The molecule has 0 heterocycles. The van der Waals surface area contributed by atoms with E-state index in [2.05, 4.69) is 10.5 Å². The summed E-state index contributed by atoms with van der Waals surface area (Å²) in [4.78, 5) is 11.5. The van der Waals surface area contributed by atoms with Crippen LogP contribution in [0.15, 0.2) is 23.3 Å². The highest BCUT2D eigenvalue weighted by molar-refractivity contribution is 6.38. The number of amides is 1. The first-order chi connectivity index (χ1) is 8.18. The molecule has 2 rings (SSSR count). The Morgan fingerprint density at radius 1 is 1.35 bits per heavy atom. The van der Waals surface area contributed by atoms with E-state index < -0.39 is 0 Å². The van der Waals surface area contributed by atoms with Crippen molar-refractivity contribution in [3.63, 3.8) is 0 Å². The Kier molecular flexibility index (Phi) is 4.02. The van der Waals surface area contributed by atoms with Gasteiger partial charge in [-0.05, 0) is 25.0 Å². The lowest BCUT2D eigenvalue weighted by molar-refractivity contribution is -0.127. The SMILES string of the molecule is O=C(N/N=C/c1c(Cl)cccc1Cl)C1CCC1. The van der Waals surface area contributed by atoms with Crippen LogP contribution in [-0.2, 0) is 4.79 Å². The van der Waals surface area contributed by atoms with Crippen molar-refractivity contribution >= 4 is 35.3 Å². The molecule has 0 bridgehead atoms. The maximum absolute atomic E-state index is 11.5. The molecule has 17 heavy (non-hydrogen) atoms. The summed E-state index contributed by atoms with van der Waals surface area (Å²) in [5.74, 6) is 0.0875. The van der Waals surface area contributed by atoms with Gasteiger partial charge in [0.25, 0.3) is 0 Å². The van der Waals surface area contributed by atoms with Crippen molar-refractivity contribution < 1.29 is 4.79 Å². The molecule has 0 spiro atoms. The van der Waals surface area contributed by atoms with Crippen LogP contribution in [0.25, 0.3) is 0 Å². The average molecular weight is 271 g/mol. The van der Waals surface area contributed by atoms with Crippen LogP contribution in [0.5, 0.6) is 0 Å². The molecule has 0 atom stereocenters. The van der Waals surface area contributed by atoms with Gasteiger partial charge in [-0.2, -0.15) is 5.10 Å². The Bertz CT molecular complexity index is 436. The minimum Gasteiger partial charge on any atom is -0.273 e. The van der Waals surface area contributed by atoms with Crippen molar-refractivity contribution in [1.82, 2.24) is 5.43 Å². The van der Waals surface area contributed by atoms with Crippen LogP contribution in [-0.4, -0.2) is 12.1 Å². The number of carbonyl (C=O) groups excluding carboxylic acids is 1. The van der Waals surface area contributed by atoms with E-state index in [0.717, 1.165) is 19.3 Å². The highest BCUT2D eigenvalue weighted by Crippen LogP contribution is 2.26. The topological polar surface area (TPSA) is 41.5 Å². The van der Waals surface area contributed by atoms with Gasteiger partial charge < -0.3 is 0 Å². The summed E-state index contributed by atoms with van der Waals surface area (Å²) in [6, 6.07) is 5.21. The molecule has 1 aromatic carbocycles. The fraction of sp³-hybridized carbons (Fsp3) is 0.333. The summed E-state index contributed by atoms with van der Waals surface area (Å²) in [5.41, 5.74) is 3.12. The zero-order valence-electron chi connectivity index (χ0n) is 9.12. The van der Waals surface area contributed by atoms with Gasteiger partial charge in [0.2, 0.25) is 5.91 Å². The van der Waals surface area contributed by atoms with Crippen LogP contribution in [0.3, 0.4) is 0 Å². The first-order valence-corrected chi connectivity index (χ1v) is 6.21. The summed E-state index contributed by atoms with van der Waals surface area (Å²) >= 11 is 11.9. The Morgan fingerprint density at radius 2 is 2.00 bits per heavy atom. The van der Waals surface area contributed by atoms with Crippen LogP contribution >= 0.6 is 23.2 Å². The van der Waals surface area contributed by atoms with E-state index >= 15 is 0 Å². The van der Waals surface area contributed by atoms with E-state index in [1.54, 1.807) is 18.2 Å². The van der Waals surface area contributed by atoms with Gasteiger partial charge in [0.1, 0.15) is 0 Å². The smallest absolute Gasteiger partial charge is 0.243 e. The van der Waals surface area contributed by atoms with Gasteiger partial charge in [0.05, 0.1) is 16.3 Å². The standard InChI is InChI=1S/C12H12Cl2N2O/c13-10-5-2-6-11(14)9(10)7-15-16-12(17)8-3-1-4-8/h2,5-8H,1,3-4H2,(H,16,17)/b15-7+. The molecule has 1 fully saturated rings. The Hall–Kier alpha value is -1.06. The van der Waals surface area contributed by atoms with Gasteiger partial charge in [0.15, 0.2) is 0 Å². The third-order valence-electron chi connectivity index (χ3n) is 2.84. The maximum atomic E-state index is 11.5. The predicted octanol–water partition coefficient (Wildman–Crippen LogP) is 3.24. The van der Waals surface area contributed by atoms with Crippen LogP contribution in [0.4, 0.5) is 0 Å². The lowest BCUT2D eigenvalue weighted by atomic mass is 9.85. The largest absolute Gasteiger partial charge is 0.273 e. The minimum atomic E-state index is -0.0318. The fourth-order valence-corrected chi connectivity index (χ4v) is 2.05. The third kappa shape index (κ3) is 2.99. The molecule has 5 heteroatoms. The molecule has 1 saturated carbocycles. The van der Waals surface area contributed by atoms with Gasteiger partial charge >= 0.3 is 0 Å². The molecule has 1 aromatic rings. The number of nitrogens with zero attached hydrogens (tertiary/aromatic N) is 1. The van der Waals surface area contributed by atoms with E-state index in [-0.39, 0.29) is 11.8 Å². The molecule has 3 nitrogen and oxygen atoms in total. The number of carbonyl (C=O) groups is 1. The van der Waals surface area contributed by atoms with Crippen molar-refractivity contribution in [2.75, 3.05) is 0 Å². The first kappa shape index (κ1) is 12.4. The monoisotopic (exact) mass is 270 g/mol. The second-order valence-electron chi connectivity index (χ2n) is 4.00. The average Bonchev–Trinajstić information content (AvgIpc) is 2.20. The minimum absolute atomic E-state index is 0.0318. The Morgan fingerprint density at radius 3 is 2.53 bits per heavy atom. The van der Waals surface area contributed by atoms with Crippen molar-refractivity contribution in [2.24, 2.45) is 11.0 Å². The predicted molar refractivity (Wildman–Crippen MR) is 69.5 cm³/mol. The van der Waals surface area contributed by atoms with Crippen molar-refractivity contribution in [3.8, 4) is 0 Å². The number of nitrogens with one attached hydrogen (secondary N) is 1.